The number of aromatic nitrogens is 8. The number of ether oxygens (including phenoxy) is 2. The van der Waals surface area contributed by atoms with Crippen LogP contribution >= 0.6 is 0 Å². The van der Waals surface area contributed by atoms with Crippen molar-refractivity contribution in [2.75, 3.05) is 18.3 Å². The number of aryl methyl sites for hydroxylation is 1. The Balaban J connectivity index is 1.44. The molecule has 2 aromatic carbocycles. The summed E-state index contributed by atoms with van der Waals surface area (Å²) in [5.74, 6) is 1.89. The molecule has 0 atom stereocenters. The highest BCUT2D eigenvalue weighted by atomic mass is 16.5. The van der Waals surface area contributed by atoms with Crippen LogP contribution in [0.2, 0.25) is 0 Å². The average Bonchev–Trinajstić information content (AvgIpc) is 3.40. The number of nitrogens with zero attached hydrogens (tertiary/aromatic N) is 8. The SMILES string of the molecule is COc1cc(CNn2nnnc2N)ccc1OCc1nnnn1-c1ccc(C)cc1. The van der Waals surface area contributed by atoms with Gasteiger partial charge in [-0.3, -0.25) is 0 Å². The van der Waals surface area contributed by atoms with Crippen molar-refractivity contribution in [1.29, 1.82) is 0 Å². The van der Waals surface area contributed by atoms with Crippen LogP contribution in [0.25, 0.3) is 5.69 Å². The summed E-state index contributed by atoms with van der Waals surface area (Å²) in [4.78, 5) is 1.29. The summed E-state index contributed by atoms with van der Waals surface area (Å²) in [5.41, 5.74) is 11.6. The summed E-state index contributed by atoms with van der Waals surface area (Å²) in [6.45, 7) is 2.64. The molecule has 30 heavy (non-hydrogen) atoms. The van der Waals surface area contributed by atoms with Crippen LogP contribution in [-0.2, 0) is 13.2 Å². The van der Waals surface area contributed by atoms with Crippen molar-refractivity contribution in [2.24, 2.45) is 0 Å². The van der Waals surface area contributed by atoms with Gasteiger partial charge in [-0.2, -0.15) is 4.68 Å². The Hall–Kier alpha value is -4.22. The number of nitrogens with one attached hydrogen (secondary N) is 1. The van der Waals surface area contributed by atoms with E-state index in [1.807, 2.05) is 49.4 Å². The molecule has 0 saturated carbocycles. The largest absolute Gasteiger partial charge is 0.493 e. The quantitative estimate of drug-likeness (QED) is 0.431. The lowest BCUT2D eigenvalue weighted by atomic mass is 10.2. The van der Waals surface area contributed by atoms with E-state index in [1.54, 1.807) is 11.8 Å². The molecular weight excluding hydrogens is 388 g/mol. The molecule has 4 aromatic rings. The minimum absolute atomic E-state index is 0.174. The van der Waals surface area contributed by atoms with Gasteiger partial charge < -0.3 is 20.6 Å². The Labute approximate surface area is 171 Å². The standard InChI is InChI=1S/C18H20N10O2/c1-12-3-6-14(7-4-12)27-17(21-23-25-27)11-30-15-8-5-13(9-16(15)29-2)10-20-28-18(19)22-24-26-28/h3-9,20H,10-11H2,1-2H3,(H2,19,22,26). The predicted octanol–water partition coefficient (Wildman–Crippen LogP) is 0.871. The lowest BCUT2D eigenvalue weighted by Crippen LogP contribution is -2.18. The molecule has 2 aromatic heterocycles. The first kappa shape index (κ1) is 19.1. The number of nitrogens with two attached hydrogens (primary N) is 1. The summed E-state index contributed by atoms with van der Waals surface area (Å²) in [6, 6.07) is 13.5. The molecular formula is C18H20N10O2. The lowest BCUT2D eigenvalue weighted by Gasteiger charge is -2.13. The summed E-state index contributed by atoms with van der Waals surface area (Å²) in [6.07, 6.45) is 0. The lowest BCUT2D eigenvalue weighted by molar-refractivity contribution is 0.273. The van der Waals surface area contributed by atoms with Gasteiger partial charge in [0.05, 0.1) is 19.3 Å². The Morgan fingerprint density at radius 1 is 1.00 bits per heavy atom. The third kappa shape index (κ3) is 4.11. The van der Waals surface area contributed by atoms with Crippen LogP contribution in [0, 0.1) is 6.92 Å². The molecule has 0 saturated heterocycles. The van der Waals surface area contributed by atoms with E-state index in [1.165, 1.54) is 4.79 Å². The average molecular weight is 408 g/mol. The van der Waals surface area contributed by atoms with E-state index in [9.17, 15) is 0 Å². The van der Waals surface area contributed by atoms with Crippen LogP contribution in [0.3, 0.4) is 0 Å². The number of nitrogen functional groups attached to an aromatic ring is 1. The monoisotopic (exact) mass is 408 g/mol. The maximum atomic E-state index is 5.92. The van der Waals surface area contributed by atoms with Gasteiger partial charge in [0.2, 0.25) is 0 Å². The van der Waals surface area contributed by atoms with Gasteiger partial charge in [0.25, 0.3) is 5.95 Å². The summed E-state index contributed by atoms with van der Waals surface area (Å²) >= 11 is 0. The molecule has 0 aliphatic heterocycles. The second-order valence-corrected chi connectivity index (χ2v) is 6.40. The van der Waals surface area contributed by atoms with E-state index in [4.69, 9.17) is 15.2 Å². The van der Waals surface area contributed by atoms with Crippen molar-refractivity contribution < 1.29 is 9.47 Å². The first-order chi connectivity index (χ1) is 14.6. The highest BCUT2D eigenvalue weighted by molar-refractivity contribution is 5.43. The predicted molar refractivity (Wildman–Crippen MR) is 107 cm³/mol. The molecule has 0 unspecified atom stereocenters. The van der Waals surface area contributed by atoms with E-state index in [2.05, 4.69) is 36.5 Å². The fourth-order valence-electron chi connectivity index (χ4n) is 2.74. The van der Waals surface area contributed by atoms with Crippen molar-refractivity contribution in [2.45, 2.75) is 20.1 Å². The Morgan fingerprint density at radius 2 is 1.80 bits per heavy atom. The van der Waals surface area contributed by atoms with E-state index >= 15 is 0 Å². The van der Waals surface area contributed by atoms with E-state index in [-0.39, 0.29) is 12.6 Å². The summed E-state index contributed by atoms with van der Waals surface area (Å²) < 4.78 is 13.0. The number of benzene rings is 2. The van der Waals surface area contributed by atoms with Crippen molar-refractivity contribution in [3.63, 3.8) is 0 Å². The molecule has 0 aliphatic carbocycles. The summed E-state index contributed by atoms with van der Waals surface area (Å²) in [5, 5.41) is 22.7. The smallest absolute Gasteiger partial charge is 0.260 e. The molecule has 0 bridgehead atoms. The number of hydrogen-bond acceptors (Lipinski definition) is 10. The van der Waals surface area contributed by atoms with Gasteiger partial charge in [0, 0.05) is 0 Å². The van der Waals surface area contributed by atoms with Crippen LogP contribution in [0.1, 0.15) is 17.0 Å². The Bertz CT molecular complexity index is 1120. The minimum Gasteiger partial charge on any atom is -0.493 e. The number of methoxy groups -OCH3 is 1. The molecule has 12 heteroatoms. The molecule has 4 rings (SSSR count). The van der Waals surface area contributed by atoms with Gasteiger partial charge in [-0.15, -0.1) is 9.89 Å². The zero-order valence-corrected chi connectivity index (χ0v) is 16.4. The molecule has 0 amide bonds. The fraction of sp³-hybridized carbons (Fsp3) is 0.222. The Kier molecular flexibility index (Phi) is 5.37. The number of rotatable bonds is 8. The van der Waals surface area contributed by atoms with E-state index in [0.717, 1.165) is 16.8 Å². The highest BCUT2D eigenvalue weighted by Crippen LogP contribution is 2.29. The molecule has 0 spiro atoms. The minimum atomic E-state index is 0.174. The van der Waals surface area contributed by atoms with Crippen LogP contribution in [0.5, 0.6) is 11.5 Å². The maximum Gasteiger partial charge on any atom is 0.260 e. The van der Waals surface area contributed by atoms with Crippen molar-refractivity contribution in [1.82, 2.24) is 40.5 Å². The second kappa shape index (κ2) is 8.43. The first-order valence-corrected chi connectivity index (χ1v) is 9.06. The van der Waals surface area contributed by atoms with Gasteiger partial charge in [-0.05, 0) is 57.6 Å². The maximum absolute atomic E-state index is 5.92. The van der Waals surface area contributed by atoms with Crippen molar-refractivity contribution in [3.05, 3.63) is 59.4 Å². The zero-order chi connectivity index (χ0) is 20.9. The number of tetrazole rings is 2. The van der Waals surface area contributed by atoms with Crippen LogP contribution in [0.15, 0.2) is 42.5 Å². The highest BCUT2D eigenvalue weighted by Gasteiger charge is 2.12. The van der Waals surface area contributed by atoms with Gasteiger partial charge in [-0.1, -0.05) is 28.9 Å². The van der Waals surface area contributed by atoms with E-state index in [0.29, 0.717) is 23.9 Å². The van der Waals surface area contributed by atoms with Crippen LogP contribution in [-0.4, -0.2) is 47.6 Å². The van der Waals surface area contributed by atoms with Gasteiger partial charge in [-0.25, -0.2) is 0 Å². The molecule has 154 valence electrons. The van der Waals surface area contributed by atoms with Gasteiger partial charge in [0.1, 0.15) is 0 Å². The van der Waals surface area contributed by atoms with Gasteiger partial charge >= 0.3 is 0 Å². The summed E-state index contributed by atoms with van der Waals surface area (Å²) in [7, 11) is 1.58. The topological polar surface area (TPSA) is 144 Å². The molecule has 3 N–H and O–H groups in total. The molecule has 0 fully saturated rings. The second-order valence-electron chi connectivity index (χ2n) is 6.40. The van der Waals surface area contributed by atoms with Crippen molar-refractivity contribution >= 4 is 5.95 Å². The third-order valence-electron chi connectivity index (χ3n) is 4.32. The van der Waals surface area contributed by atoms with Crippen LogP contribution < -0.4 is 20.6 Å². The first-order valence-electron chi connectivity index (χ1n) is 9.06. The zero-order valence-electron chi connectivity index (χ0n) is 16.4. The molecule has 0 radical (unpaired) electrons. The number of hydrogen-bond donors (Lipinski definition) is 2. The Morgan fingerprint density at radius 3 is 2.53 bits per heavy atom. The van der Waals surface area contributed by atoms with Crippen LogP contribution in [0.4, 0.5) is 5.95 Å². The molecule has 2 heterocycles. The molecule has 12 nitrogen and oxygen atoms in total. The fourth-order valence-corrected chi connectivity index (χ4v) is 2.74. The molecule has 0 aliphatic rings. The third-order valence-corrected chi connectivity index (χ3v) is 4.32. The number of anilines is 1. The normalized spacial score (nSPS) is 10.7. The van der Waals surface area contributed by atoms with Gasteiger partial charge in [0.15, 0.2) is 23.9 Å². The van der Waals surface area contributed by atoms with Crippen molar-refractivity contribution in [3.8, 4) is 17.2 Å². The van der Waals surface area contributed by atoms with E-state index < -0.39 is 0 Å².